The average molecular weight is 359 g/mol. The standard InChI is InChI=1S/C22H34N2O2/c1-22(2,3)19-6-4-17(5-7-19)16-18-8-12-24(13-9-18)21(25)23-20-10-14-26-15-11-20/h4-7,18,20H,8-16H2,1-3H3,(H,23,25). The van der Waals surface area contributed by atoms with Gasteiger partial charge in [-0.1, -0.05) is 45.0 Å². The predicted molar refractivity (Wildman–Crippen MR) is 106 cm³/mol. The molecule has 0 radical (unpaired) electrons. The molecule has 0 aliphatic carbocycles. The Morgan fingerprint density at radius 2 is 1.69 bits per heavy atom. The monoisotopic (exact) mass is 358 g/mol. The Labute approximate surface area is 158 Å². The third kappa shape index (κ3) is 5.23. The largest absolute Gasteiger partial charge is 0.381 e. The van der Waals surface area contributed by atoms with Crippen LogP contribution >= 0.6 is 0 Å². The lowest BCUT2D eigenvalue weighted by Crippen LogP contribution is -2.49. The zero-order chi connectivity index (χ0) is 18.6. The number of nitrogens with one attached hydrogen (secondary N) is 1. The molecule has 2 amide bonds. The molecule has 0 spiro atoms. The highest BCUT2D eigenvalue weighted by molar-refractivity contribution is 5.74. The van der Waals surface area contributed by atoms with Crippen LogP contribution in [0.1, 0.15) is 57.6 Å². The zero-order valence-electron chi connectivity index (χ0n) is 16.6. The second kappa shape index (κ2) is 8.43. The van der Waals surface area contributed by atoms with Crippen molar-refractivity contribution in [2.45, 2.75) is 64.3 Å². The SMILES string of the molecule is CC(C)(C)c1ccc(CC2CCN(C(=O)NC3CCOCC3)CC2)cc1. The van der Waals surface area contributed by atoms with Gasteiger partial charge < -0.3 is 15.0 Å². The maximum absolute atomic E-state index is 12.4. The first-order valence-corrected chi connectivity index (χ1v) is 10.1. The van der Waals surface area contributed by atoms with Crippen molar-refractivity contribution in [3.05, 3.63) is 35.4 Å². The molecule has 1 N–H and O–H groups in total. The van der Waals surface area contributed by atoms with Gasteiger partial charge in [0.2, 0.25) is 0 Å². The number of carbonyl (C=O) groups excluding carboxylic acids is 1. The molecule has 1 aromatic carbocycles. The lowest BCUT2D eigenvalue weighted by Gasteiger charge is -2.34. The number of hydrogen-bond acceptors (Lipinski definition) is 2. The third-order valence-electron chi connectivity index (χ3n) is 5.79. The van der Waals surface area contributed by atoms with Gasteiger partial charge in [0.25, 0.3) is 0 Å². The zero-order valence-corrected chi connectivity index (χ0v) is 16.6. The van der Waals surface area contributed by atoms with Crippen LogP contribution in [0.2, 0.25) is 0 Å². The number of ether oxygens (including phenoxy) is 1. The molecule has 2 saturated heterocycles. The molecule has 0 unspecified atom stereocenters. The number of urea groups is 1. The van der Waals surface area contributed by atoms with E-state index in [4.69, 9.17) is 4.74 Å². The van der Waals surface area contributed by atoms with E-state index in [1.165, 1.54) is 11.1 Å². The summed E-state index contributed by atoms with van der Waals surface area (Å²) in [7, 11) is 0. The molecule has 0 saturated carbocycles. The number of hydrogen-bond donors (Lipinski definition) is 1. The van der Waals surface area contributed by atoms with Gasteiger partial charge in [-0.15, -0.1) is 0 Å². The molecule has 144 valence electrons. The molecular weight excluding hydrogens is 324 g/mol. The summed E-state index contributed by atoms with van der Waals surface area (Å²) < 4.78 is 5.36. The molecule has 3 rings (SSSR count). The molecule has 26 heavy (non-hydrogen) atoms. The Balaban J connectivity index is 1.44. The fraction of sp³-hybridized carbons (Fsp3) is 0.682. The second-order valence-electron chi connectivity index (χ2n) is 8.92. The van der Waals surface area contributed by atoms with Crippen LogP contribution in [0.15, 0.2) is 24.3 Å². The molecule has 2 fully saturated rings. The molecule has 1 aromatic rings. The van der Waals surface area contributed by atoms with E-state index in [1.54, 1.807) is 0 Å². The molecule has 2 aliphatic rings. The van der Waals surface area contributed by atoms with Gasteiger partial charge in [-0.2, -0.15) is 0 Å². The number of benzene rings is 1. The Morgan fingerprint density at radius 1 is 1.08 bits per heavy atom. The first-order valence-electron chi connectivity index (χ1n) is 10.1. The molecular formula is C22H34N2O2. The van der Waals surface area contributed by atoms with Gasteiger partial charge in [-0.25, -0.2) is 4.79 Å². The highest BCUT2D eigenvalue weighted by Crippen LogP contribution is 2.25. The summed E-state index contributed by atoms with van der Waals surface area (Å²) >= 11 is 0. The Bertz CT molecular complexity index is 577. The minimum Gasteiger partial charge on any atom is -0.381 e. The van der Waals surface area contributed by atoms with Gasteiger partial charge in [0.15, 0.2) is 0 Å². The molecule has 2 aliphatic heterocycles. The van der Waals surface area contributed by atoms with E-state index >= 15 is 0 Å². The molecule has 4 nitrogen and oxygen atoms in total. The first-order chi connectivity index (χ1) is 12.4. The van der Waals surface area contributed by atoms with E-state index in [0.29, 0.717) is 5.92 Å². The summed E-state index contributed by atoms with van der Waals surface area (Å²) in [4.78, 5) is 14.4. The average Bonchev–Trinajstić information content (AvgIpc) is 2.63. The smallest absolute Gasteiger partial charge is 0.317 e. The number of nitrogens with zero attached hydrogens (tertiary/aromatic N) is 1. The molecule has 2 heterocycles. The van der Waals surface area contributed by atoms with Crippen molar-refractivity contribution < 1.29 is 9.53 Å². The van der Waals surface area contributed by atoms with Crippen LogP contribution in [0.4, 0.5) is 4.79 Å². The van der Waals surface area contributed by atoms with Crippen molar-refractivity contribution in [3.8, 4) is 0 Å². The second-order valence-corrected chi connectivity index (χ2v) is 8.92. The maximum atomic E-state index is 12.4. The summed E-state index contributed by atoms with van der Waals surface area (Å²) in [6.45, 7) is 10.0. The van der Waals surface area contributed by atoms with Crippen LogP contribution < -0.4 is 5.32 Å². The van der Waals surface area contributed by atoms with Gasteiger partial charge in [-0.3, -0.25) is 0 Å². The normalized spacial score (nSPS) is 20.2. The molecule has 0 atom stereocenters. The lowest BCUT2D eigenvalue weighted by molar-refractivity contribution is 0.0771. The number of piperidine rings is 1. The van der Waals surface area contributed by atoms with Gasteiger partial charge in [0.05, 0.1) is 0 Å². The van der Waals surface area contributed by atoms with E-state index in [9.17, 15) is 4.79 Å². The molecule has 4 heteroatoms. The number of carbonyl (C=O) groups is 1. The highest BCUT2D eigenvalue weighted by Gasteiger charge is 2.25. The van der Waals surface area contributed by atoms with Crippen LogP contribution in [-0.2, 0) is 16.6 Å². The van der Waals surface area contributed by atoms with Crippen molar-refractivity contribution in [2.24, 2.45) is 5.92 Å². The van der Waals surface area contributed by atoms with Crippen molar-refractivity contribution >= 4 is 6.03 Å². The van der Waals surface area contributed by atoms with Crippen LogP contribution in [0.5, 0.6) is 0 Å². The van der Waals surface area contributed by atoms with E-state index in [0.717, 1.165) is 58.4 Å². The Kier molecular flexibility index (Phi) is 6.23. The van der Waals surface area contributed by atoms with Crippen LogP contribution in [0.25, 0.3) is 0 Å². The fourth-order valence-corrected chi connectivity index (χ4v) is 3.92. The minimum atomic E-state index is 0.116. The summed E-state index contributed by atoms with van der Waals surface area (Å²) in [6.07, 6.45) is 5.20. The van der Waals surface area contributed by atoms with Gasteiger partial charge >= 0.3 is 6.03 Å². The summed E-state index contributed by atoms with van der Waals surface area (Å²) in [5, 5.41) is 3.18. The van der Waals surface area contributed by atoms with Crippen LogP contribution in [0.3, 0.4) is 0 Å². The van der Waals surface area contributed by atoms with Crippen molar-refractivity contribution in [3.63, 3.8) is 0 Å². The molecule has 0 aromatic heterocycles. The first kappa shape index (κ1) is 19.2. The number of likely N-dealkylation sites (tertiary alicyclic amines) is 1. The van der Waals surface area contributed by atoms with E-state index in [1.807, 2.05) is 4.90 Å². The van der Waals surface area contributed by atoms with Gasteiger partial charge in [0.1, 0.15) is 0 Å². The Hall–Kier alpha value is -1.55. The van der Waals surface area contributed by atoms with E-state index in [-0.39, 0.29) is 17.5 Å². The van der Waals surface area contributed by atoms with Crippen LogP contribution in [0, 0.1) is 5.92 Å². The lowest BCUT2D eigenvalue weighted by atomic mass is 9.85. The third-order valence-corrected chi connectivity index (χ3v) is 5.79. The quantitative estimate of drug-likeness (QED) is 0.883. The Morgan fingerprint density at radius 3 is 2.27 bits per heavy atom. The highest BCUT2D eigenvalue weighted by atomic mass is 16.5. The van der Waals surface area contributed by atoms with Crippen molar-refractivity contribution in [1.82, 2.24) is 10.2 Å². The summed E-state index contributed by atoms with van der Waals surface area (Å²) in [5.41, 5.74) is 3.02. The summed E-state index contributed by atoms with van der Waals surface area (Å²) in [6, 6.07) is 9.51. The fourth-order valence-electron chi connectivity index (χ4n) is 3.92. The molecule has 0 bridgehead atoms. The van der Waals surface area contributed by atoms with Gasteiger partial charge in [-0.05, 0) is 54.6 Å². The van der Waals surface area contributed by atoms with Crippen molar-refractivity contribution in [2.75, 3.05) is 26.3 Å². The topological polar surface area (TPSA) is 41.6 Å². The van der Waals surface area contributed by atoms with Gasteiger partial charge in [0, 0.05) is 32.3 Å². The summed E-state index contributed by atoms with van der Waals surface area (Å²) in [5.74, 6) is 0.683. The van der Waals surface area contributed by atoms with Crippen LogP contribution in [-0.4, -0.2) is 43.3 Å². The van der Waals surface area contributed by atoms with E-state index < -0.39 is 0 Å². The number of amides is 2. The minimum absolute atomic E-state index is 0.116. The number of rotatable bonds is 3. The maximum Gasteiger partial charge on any atom is 0.317 e. The van der Waals surface area contributed by atoms with E-state index in [2.05, 4.69) is 50.4 Å². The predicted octanol–water partition coefficient (Wildman–Crippen LogP) is 4.13. The van der Waals surface area contributed by atoms with Crippen molar-refractivity contribution in [1.29, 1.82) is 0 Å².